The van der Waals surface area contributed by atoms with Gasteiger partial charge in [-0.05, 0) is 62.3 Å². The molecule has 0 radical (unpaired) electrons. The number of H-pyrrole nitrogens is 1. The molecule has 1 spiro atoms. The Labute approximate surface area is 188 Å². The largest absolute Gasteiger partial charge is 0.355 e. The monoisotopic (exact) mass is 433 g/mol. The second-order valence-corrected chi connectivity index (χ2v) is 9.54. The van der Waals surface area contributed by atoms with E-state index in [1.165, 1.54) is 0 Å². The number of aromatic amines is 1. The van der Waals surface area contributed by atoms with Gasteiger partial charge in [-0.3, -0.25) is 9.59 Å². The molecule has 0 bridgehead atoms. The Morgan fingerprint density at radius 2 is 1.97 bits per heavy atom. The Kier molecular flexibility index (Phi) is 5.07. The molecule has 1 atom stereocenters. The molecule has 2 aromatic heterocycles. The van der Waals surface area contributed by atoms with Gasteiger partial charge in [0.05, 0.1) is 11.0 Å². The lowest BCUT2D eigenvalue weighted by molar-refractivity contribution is -0.123. The van der Waals surface area contributed by atoms with E-state index in [1.807, 2.05) is 50.1 Å². The van der Waals surface area contributed by atoms with Crippen LogP contribution < -0.4 is 5.32 Å². The van der Waals surface area contributed by atoms with Crippen molar-refractivity contribution < 1.29 is 9.59 Å². The summed E-state index contributed by atoms with van der Waals surface area (Å²) in [5.74, 6) is 1.29. The summed E-state index contributed by atoms with van der Waals surface area (Å²) in [6, 6.07) is 10.1. The molecule has 2 amide bonds. The molecule has 7 nitrogen and oxygen atoms in total. The molecule has 2 fully saturated rings. The number of piperidine rings is 1. The molecule has 1 saturated carbocycles. The van der Waals surface area contributed by atoms with E-state index < -0.39 is 0 Å². The van der Waals surface area contributed by atoms with Gasteiger partial charge in [0, 0.05) is 44.7 Å². The van der Waals surface area contributed by atoms with Crippen LogP contribution in [0.3, 0.4) is 0 Å². The summed E-state index contributed by atoms with van der Waals surface area (Å²) in [7, 11) is 2.02. The fourth-order valence-electron chi connectivity index (χ4n) is 5.37. The van der Waals surface area contributed by atoms with Crippen molar-refractivity contribution in [2.24, 2.45) is 18.4 Å². The van der Waals surface area contributed by atoms with Gasteiger partial charge >= 0.3 is 0 Å². The first-order valence-electron chi connectivity index (χ1n) is 11.5. The summed E-state index contributed by atoms with van der Waals surface area (Å²) in [5, 5.41) is 3.13. The van der Waals surface area contributed by atoms with Crippen LogP contribution in [0.15, 0.2) is 30.3 Å². The third kappa shape index (κ3) is 3.59. The second kappa shape index (κ2) is 7.80. The third-order valence-electron chi connectivity index (χ3n) is 7.44. The van der Waals surface area contributed by atoms with Crippen LogP contribution in [0.1, 0.15) is 46.8 Å². The topological polar surface area (TPSA) is 83.0 Å². The van der Waals surface area contributed by atoms with Crippen molar-refractivity contribution in [1.82, 2.24) is 24.8 Å². The number of amides is 2. The zero-order valence-corrected chi connectivity index (χ0v) is 19.1. The van der Waals surface area contributed by atoms with Gasteiger partial charge < -0.3 is 19.8 Å². The van der Waals surface area contributed by atoms with Crippen molar-refractivity contribution in [3.05, 3.63) is 53.1 Å². The number of carbonyl (C=O) groups excluding carboxylic acids is 2. The predicted octanol–water partition coefficient (Wildman–Crippen LogP) is 3.12. The molecule has 3 heterocycles. The van der Waals surface area contributed by atoms with Crippen LogP contribution in [0.4, 0.5) is 0 Å². The number of likely N-dealkylation sites (tertiary alicyclic amines) is 1. The van der Waals surface area contributed by atoms with E-state index >= 15 is 0 Å². The number of aromatic nitrogens is 3. The minimum Gasteiger partial charge on any atom is -0.355 e. The first kappa shape index (κ1) is 20.8. The van der Waals surface area contributed by atoms with Crippen molar-refractivity contribution >= 4 is 22.8 Å². The summed E-state index contributed by atoms with van der Waals surface area (Å²) in [5.41, 5.74) is 4.89. The number of carbonyl (C=O) groups is 2. The average molecular weight is 434 g/mol. The molecule has 1 aliphatic heterocycles. The summed E-state index contributed by atoms with van der Waals surface area (Å²) >= 11 is 0. The van der Waals surface area contributed by atoms with Gasteiger partial charge in [0.1, 0.15) is 11.5 Å². The highest BCUT2D eigenvalue weighted by atomic mass is 16.2. The molecule has 1 unspecified atom stereocenters. The lowest BCUT2D eigenvalue weighted by atomic mass is 9.90. The van der Waals surface area contributed by atoms with Crippen molar-refractivity contribution in [3.63, 3.8) is 0 Å². The Balaban J connectivity index is 1.12. The van der Waals surface area contributed by atoms with Crippen LogP contribution >= 0.6 is 0 Å². The molecule has 1 saturated heterocycles. The van der Waals surface area contributed by atoms with Crippen LogP contribution in [0.25, 0.3) is 11.0 Å². The van der Waals surface area contributed by atoms with Crippen LogP contribution in [-0.4, -0.2) is 50.9 Å². The van der Waals surface area contributed by atoms with Crippen molar-refractivity contribution in [1.29, 1.82) is 0 Å². The minimum absolute atomic E-state index is 0.0783. The van der Waals surface area contributed by atoms with Crippen LogP contribution in [0.2, 0.25) is 0 Å². The molecule has 7 heteroatoms. The molecule has 2 N–H and O–H groups in total. The second-order valence-electron chi connectivity index (χ2n) is 9.54. The highest BCUT2D eigenvalue weighted by Gasteiger charge is 2.58. The number of imidazole rings is 1. The zero-order chi connectivity index (χ0) is 22.5. The molecular formula is C25H31N5O2. The number of rotatable bonds is 5. The Morgan fingerprint density at radius 3 is 2.66 bits per heavy atom. The molecule has 2 aliphatic rings. The molecule has 1 aromatic carbocycles. The van der Waals surface area contributed by atoms with Gasteiger partial charge in [-0.25, -0.2) is 4.98 Å². The Bertz CT molecular complexity index is 1180. The fraction of sp³-hybridized carbons (Fsp3) is 0.480. The lowest BCUT2D eigenvalue weighted by Gasteiger charge is -2.32. The molecule has 32 heavy (non-hydrogen) atoms. The highest BCUT2D eigenvalue weighted by Crippen LogP contribution is 2.59. The van der Waals surface area contributed by atoms with Crippen molar-refractivity contribution in [2.45, 2.75) is 39.5 Å². The van der Waals surface area contributed by atoms with Gasteiger partial charge in [0.25, 0.3) is 5.91 Å². The highest BCUT2D eigenvalue weighted by molar-refractivity contribution is 5.94. The van der Waals surface area contributed by atoms with E-state index in [4.69, 9.17) is 0 Å². The number of aryl methyl sites for hydroxylation is 3. The zero-order valence-electron chi connectivity index (χ0n) is 19.1. The number of nitrogens with one attached hydrogen (secondary N) is 2. The molecule has 168 valence electrons. The maximum Gasteiger partial charge on any atom is 0.270 e. The van der Waals surface area contributed by atoms with Crippen molar-refractivity contribution in [3.8, 4) is 0 Å². The Morgan fingerprint density at radius 1 is 1.22 bits per heavy atom. The number of para-hydroxylation sites is 2. The van der Waals surface area contributed by atoms with Gasteiger partial charge in [-0.2, -0.15) is 0 Å². The van der Waals surface area contributed by atoms with Crippen molar-refractivity contribution in [2.75, 3.05) is 19.6 Å². The minimum atomic E-state index is 0.0783. The summed E-state index contributed by atoms with van der Waals surface area (Å²) < 4.78 is 2.10. The van der Waals surface area contributed by atoms with E-state index in [0.29, 0.717) is 18.7 Å². The standard InChI is InChI=1S/C25H31N5O2/c1-16-14-17(2)27-22(16)24(32)30-12-9-25(10-13-30)15-18(25)23(31)26-11-8-21-28-19-6-4-5-7-20(19)29(21)3/h4-7,14,18,27H,8-13,15H2,1-3H3,(H,26,31). The predicted molar refractivity (Wildman–Crippen MR) is 123 cm³/mol. The SMILES string of the molecule is Cc1cc(C)c(C(=O)N2CCC3(CC2)CC3C(=O)NCCc2nc3ccccc3n2C)[nH]1. The number of hydrogen-bond acceptors (Lipinski definition) is 3. The normalized spacial score (nSPS) is 19.5. The summed E-state index contributed by atoms with van der Waals surface area (Å²) in [6.45, 7) is 5.98. The first-order valence-corrected chi connectivity index (χ1v) is 11.5. The van der Waals surface area contributed by atoms with Gasteiger partial charge in [0.2, 0.25) is 5.91 Å². The van der Waals surface area contributed by atoms with Gasteiger partial charge in [0.15, 0.2) is 0 Å². The quantitative estimate of drug-likeness (QED) is 0.649. The number of fused-ring (bicyclic) bond motifs is 1. The third-order valence-corrected chi connectivity index (χ3v) is 7.44. The van der Waals surface area contributed by atoms with E-state index in [9.17, 15) is 9.59 Å². The first-order chi connectivity index (χ1) is 15.4. The van der Waals surface area contributed by atoms with Crippen LogP contribution in [0, 0.1) is 25.2 Å². The molecular weight excluding hydrogens is 402 g/mol. The molecule has 3 aromatic rings. The van der Waals surface area contributed by atoms with E-state index in [0.717, 1.165) is 60.5 Å². The van der Waals surface area contributed by atoms with E-state index in [2.05, 4.69) is 25.9 Å². The molecule has 5 rings (SSSR count). The van der Waals surface area contributed by atoms with Gasteiger partial charge in [-0.1, -0.05) is 12.1 Å². The smallest absolute Gasteiger partial charge is 0.270 e. The summed E-state index contributed by atoms with van der Waals surface area (Å²) in [4.78, 5) is 35.4. The number of nitrogens with zero attached hydrogens (tertiary/aromatic N) is 3. The van der Waals surface area contributed by atoms with E-state index in [-0.39, 0.29) is 23.1 Å². The Hall–Kier alpha value is -3.09. The van der Waals surface area contributed by atoms with Crippen LogP contribution in [0.5, 0.6) is 0 Å². The number of benzene rings is 1. The van der Waals surface area contributed by atoms with Crippen LogP contribution in [-0.2, 0) is 18.3 Å². The number of hydrogen-bond donors (Lipinski definition) is 2. The fourth-order valence-corrected chi connectivity index (χ4v) is 5.37. The molecule has 1 aliphatic carbocycles. The lowest BCUT2D eigenvalue weighted by Crippen LogP contribution is -2.41. The van der Waals surface area contributed by atoms with E-state index in [1.54, 1.807) is 0 Å². The maximum atomic E-state index is 12.9. The van der Waals surface area contributed by atoms with Gasteiger partial charge in [-0.15, -0.1) is 0 Å². The maximum absolute atomic E-state index is 12.9. The summed E-state index contributed by atoms with van der Waals surface area (Å²) in [6.07, 6.45) is 3.46. The average Bonchev–Trinajstić information content (AvgIpc) is 3.23.